The predicted molar refractivity (Wildman–Crippen MR) is 151 cm³/mol. The number of benzene rings is 1. The maximum absolute atomic E-state index is 14.1. The minimum atomic E-state index is -0.386. The molecule has 4 atom stereocenters. The number of hydrogen-bond donors (Lipinski definition) is 2. The summed E-state index contributed by atoms with van der Waals surface area (Å²) in [5.74, 6) is 0.389. The minimum absolute atomic E-state index is 0.0183. The molecule has 8 nitrogen and oxygen atoms in total. The summed E-state index contributed by atoms with van der Waals surface area (Å²) in [6, 6.07) is 4.98. The van der Waals surface area contributed by atoms with E-state index in [0.29, 0.717) is 30.2 Å². The summed E-state index contributed by atoms with van der Waals surface area (Å²) in [6.07, 6.45) is 7.81. The molecule has 1 saturated carbocycles. The predicted octanol–water partition coefficient (Wildman–Crippen LogP) is 4.56. The highest BCUT2D eigenvalue weighted by molar-refractivity contribution is 6.00. The Hall–Kier alpha value is -2.16. The Bertz CT molecular complexity index is 902. The number of amides is 2. The standard InChI is InChI=1S/C30H49N3O5/c1-21-18-33(22(2)20-34)30(36)26-17-25(31-29(35)24-12-7-6-8-13-24)14-15-27(26)38-23(3)11-9-10-16-37-28(21)19-32(4)5/h14-15,17,21-24,28,34H,6-13,16,18-20H2,1-5H3,(H,31,35)/t21-,22+,23-,28-/m0/s1. The molecule has 2 N–H and O–H groups in total. The van der Waals surface area contributed by atoms with Gasteiger partial charge in [-0.3, -0.25) is 9.59 Å². The van der Waals surface area contributed by atoms with Crippen molar-refractivity contribution in [1.29, 1.82) is 0 Å². The Kier molecular flexibility index (Phi) is 11.9. The van der Waals surface area contributed by atoms with Crippen LogP contribution in [-0.2, 0) is 9.53 Å². The second kappa shape index (κ2) is 14.8. The lowest BCUT2D eigenvalue weighted by atomic mass is 9.88. The van der Waals surface area contributed by atoms with Crippen LogP contribution in [0.5, 0.6) is 5.75 Å². The number of rotatable bonds is 6. The fraction of sp³-hybridized carbons (Fsp3) is 0.733. The van der Waals surface area contributed by atoms with Crippen LogP contribution in [0, 0.1) is 11.8 Å². The number of hydrogen-bond acceptors (Lipinski definition) is 6. The first kappa shape index (κ1) is 30.4. The lowest BCUT2D eigenvalue weighted by molar-refractivity contribution is -0.120. The van der Waals surface area contributed by atoms with Crippen LogP contribution in [0.1, 0.15) is 82.5 Å². The molecular weight excluding hydrogens is 482 g/mol. The van der Waals surface area contributed by atoms with E-state index in [2.05, 4.69) is 17.1 Å². The van der Waals surface area contributed by atoms with Crippen LogP contribution >= 0.6 is 0 Å². The fourth-order valence-electron chi connectivity index (χ4n) is 5.43. The van der Waals surface area contributed by atoms with Crippen molar-refractivity contribution in [2.75, 3.05) is 45.7 Å². The van der Waals surface area contributed by atoms with E-state index >= 15 is 0 Å². The van der Waals surface area contributed by atoms with Crippen LogP contribution < -0.4 is 10.1 Å². The van der Waals surface area contributed by atoms with Crippen LogP contribution in [0.4, 0.5) is 5.69 Å². The van der Waals surface area contributed by atoms with Gasteiger partial charge in [0.15, 0.2) is 0 Å². The lowest BCUT2D eigenvalue weighted by Gasteiger charge is -2.35. The van der Waals surface area contributed by atoms with Gasteiger partial charge in [-0.2, -0.15) is 0 Å². The summed E-state index contributed by atoms with van der Waals surface area (Å²) in [5.41, 5.74) is 1.01. The third kappa shape index (κ3) is 8.68. The van der Waals surface area contributed by atoms with E-state index in [1.807, 2.05) is 34.0 Å². The molecule has 3 rings (SSSR count). The van der Waals surface area contributed by atoms with Gasteiger partial charge in [0.1, 0.15) is 5.75 Å². The summed E-state index contributed by atoms with van der Waals surface area (Å²) < 4.78 is 12.6. The summed E-state index contributed by atoms with van der Waals surface area (Å²) in [6.45, 7) is 7.68. The van der Waals surface area contributed by atoms with Crippen molar-refractivity contribution in [2.24, 2.45) is 11.8 Å². The van der Waals surface area contributed by atoms with Crippen molar-refractivity contribution in [3.8, 4) is 5.75 Å². The van der Waals surface area contributed by atoms with E-state index in [4.69, 9.17) is 9.47 Å². The van der Waals surface area contributed by atoms with Gasteiger partial charge in [0.25, 0.3) is 5.91 Å². The molecule has 8 heteroatoms. The quantitative estimate of drug-likeness (QED) is 0.559. The second-order valence-corrected chi connectivity index (χ2v) is 11.6. The molecule has 1 aliphatic carbocycles. The zero-order chi connectivity index (χ0) is 27.7. The van der Waals surface area contributed by atoms with Crippen LogP contribution in [0.3, 0.4) is 0 Å². The molecule has 38 heavy (non-hydrogen) atoms. The number of carbonyl (C=O) groups is 2. The third-order valence-corrected chi connectivity index (χ3v) is 7.84. The number of likely N-dealkylation sites (N-methyl/N-ethyl adjacent to an activating group) is 1. The van der Waals surface area contributed by atoms with Crippen molar-refractivity contribution < 1.29 is 24.2 Å². The molecule has 0 radical (unpaired) electrons. The molecule has 2 amide bonds. The van der Waals surface area contributed by atoms with Crippen molar-refractivity contribution in [3.05, 3.63) is 23.8 Å². The maximum Gasteiger partial charge on any atom is 0.258 e. The zero-order valence-corrected chi connectivity index (χ0v) is 24.1. The highest BCUT2D eigenvalue weighted by Gasteiger charge is 2.30. The minimum Gasteiger partial charge on any atom is -0.490 e. The van der Waals surface area contributed by atoms with E-state index in [1.165, 1.54) is 6.42 Å². The van der Waals surface area contributed by atoms with Crippen molar-refractivity contribution in [3.63, 3.8) is 0 Å². The Morgan fingerprint density at radius 2 is 1.84 bits per heavy atom. The Balaban J connectivity index is 1.94. The molecule has 0 saturated heterocycles. The van der Waals surface area contributed by atoms with Gasteiger partial charge in [0.05, 0.1) is 30.4 Å². The van der Waals surface area contributed by atoms with Gasteiger partial charge in [-0.1, -0.05) is 26.2 Å². The maximum atomic E-state index is 14.1. The summed E-state index contributed by atoms with van der Waals surface area (Å²) in [7, 11) is 4.05. The Morgan fingerprint density at radius 3 is 2.53 bits per heavy atom. The molecule has 1 aromatic carbocycles. The number of nitrogens with one attached hydrogen (secondary N) is 1. The normalized spacial score (nSPS) is 25.3. The van der Waals surface area contributed by atoms with Crippen molar-refractivity contribution in [1.82, 2.24) is 9.80 Å². The number of fused-ring (bicyclic) bond motifs is 1. The van der Waals surface area contributed by atoms with Crippen LogP contribution in [0.2, 0.25) is 0 Å². The second-order valence-electron chi connectivity index (χ2n) is 11.6. The summed E-state index contributed by atoms with van der Waals surface area (Å²) >= 11 is 0. The smallest absolute Gasteiger partial charge is 0.258 e. The number of carbonyl (C=O) groups excluding carboxylic acids is 2. The molecular formula is C30H49N3O5. The lowest BCUT2D eigenvalue weighted by Crippen LogP contribution is -2.47. The topological polar surface area (TPSA) is 91.3 Å². The van der Waals surface area contributed by atoms with E-state index in [-0.39, 0.29) is 48.5 Å². The van der Waals surface area contributed by atoms with Crippen LogP contribution in [0.25, 0.3) is 0 Å². The van der Waals surface area contributed by atoms with E-state index < -0.39 is 0 Å². The monoisotopic (exact) mass is 531 g/mol. The van der Waals surface area contributed by atoms with Gasteiger partial charge in [-0.15, -0.1) is 0 Å². The molecule has 1 fully saturated rings. The van der Waals surface area contributed by atoms with Crippen molar-refractivity contribution >= 4 is 17.5 Å². The van der Waals surface area contributed by atoms with Crippen molar-refractivity contribution in [2.45, 2.75) is 90.4 Å². The van der Waals surface area contributed by atoms with Gasteiger partial charge < -0.3 is 29.7 Å². The molecule has 0 unspecified atom stereocenters. The average Bonchev–Trinajstić information content (AvgIpc) is 2.90. The molecule has 1 aliphatic heterocycles. The molecule has 1 heterocycles. The van der Waals surface area contributed by atoms with Crippen LogP contribution in [-0.4, -0.2) is 85.4 Å². The van der Waals surface area contributed by atoms with Crippen LogP contribution in [0.15, 0.2) is 18.2 Å². The number of aliphatic hydroxyl groups excluding tert-OH is 1. The van der Waals surface area contributed by atoms with E-state index in [9.17, 15) is 14.7 Å². The highest BCUT2D eigenvalue weighted by Crippen LogP contribution is 2.30. The van der Waals surface area contributed by atoms with Gasteiger partial charge in [-0.05, 0) is 78.2 Å². The van der Waals surface area contributed by atoms with Gasteiger partial charge in [0, 0.05) is 37.2 Å². The molecule has 0 aromatic heterocycles. The summed E-state index contributed by atoms with van der Waals surface area (Å²) in [4.78, 5) is 30.9. The van der Waals surface area contributed by atoms with Gasteiger partial charge >= 0.3 is 0 Å². The first-order chi connectivity index (χ1) is 18.2. The molecule has 2 aliphatic rings. The Labute approximate surface area is 229 Å². The Morgan fingerprint density at radius 1 is 1.13 bits per heavy atom. The van der Waals surface area contributed by atoms with Gasteiger partial charge in [0.2, 0.25) is 5.91 Å². The van der Waals surface area contributed by atoms with Gasteiger partial charge in [-0.25, -0.2) is 0 Å². The number of anilines is 1. The van der Waals surface area contributed by atoms with E-state index in [0.717, 1.165) is 51.5 Å². The number of ether oxygens (including phenoxy) is 2. The molecule has 0 spiro atoms. The largest absolute Gasteiger partial charge is 0.490 e. The highest BCUT2D eigenvalue weighted by atomic mass is 16.5. The van der Waals surface area contributed by atoms with E-state index in [1.54, 1.807) is 17.0 Å². The number of nitrogens with zero attached hydrogens (tertiary/aromatic N) is 2. The summed E-state index contributed by atoms with van der Waals surface area (Å²) in [5, 5.41) is 13.1. The first-order valence-corrected chi connectivity index (χ1v) is 14.5. The zero-order valence-electron chi connectivity index (χ0n) is 24.1. The third-order valence-electron chi connectivity index (χ3n) is 7.84. The number of aliphatic hydroxyl groups is 1. The molecule has 214 valence electrons. The average molecular weight is 532 g/mol. The fourth-order valence-corrected chi connectivity index (χ4v) is 5.43. The molecule has 1 aromatic rings. The SMILES string of the molecule is C[C@H](CO)N1C[C@H](C)[C@H](CN(C)C)OCCCC[C@H](C)Oc2ccc(NC(=O)C3CCCCC3)cc2C1=O. The first-order valence-electron chi connectivity index (χ1n) is 14.5. The molecule has 0 bridgehead atoms.